The van der Waals surface area contributed by atoms with Crippen molar-refractivity contribution in [1.82, 2.24) is 9.97 Å². The number of nitrogens with one attached hydrogen (secondary N) is 1. The Labute approximate surface area is 381 Å². The largest absolute Gasteiger partial charge is 0.508 e. The molecular weight excluding hydrogens is 803 g/mol. The van der Waals surface area contributed by atoms with Crippen LogP contribution in [0.3, 0.4) is 0 Å². The lowest BCUT2D eigenvalue weighted by atomic mass is 9.80. The van der Waals surface area contributed by atoms with Crippen molar-refractivity contribution >= 4 is 11.8 Å². The Morgan fingerprint density at radius 2 is 1.70 bits per heavy atom. The number of carboxylic acids is 1. The average molecular weight is 878 g/mol. The number of aromatic amines is 1. The molecular formula is C54H75N3O7. The third-order valence-electron chi connectivity index (χ3n) is 14.3. The number of phenolic OH excluding ortho intramolecular Hbond substituents is 2. The summed E-state index contributed by atoms with van der Waals surface area (Å²) in [5.41, 5.74) is 11.3. The van der Waals surface area contributed by atoms with Crippen LogP contribution < -0.4 is 5.73 Å². The van der Waals surface area contributed by atoms with Crippen molar-refractivity contribution < 1.29 is 35.4 Å². The summed E-state index contributed by atoms with van der Waals surface area (Å²) in [6.07, 6.45) is 18.2. The van der Waals surface area contributed by atoms with Crippen LogP contribution in [0, 0.1) is 35.5 Å². The lowest BCUT2D eigenvalue weighted by Gasteiger charge is -2.32. The molecule has 10 nitrogen and oxygen atoms in total. The van der Waals surface area contributed by atoms with Crippen LogP contribution in [0.1, 0.15) is 139 Å². The van der Waals surface area contributed by atoms with E-state index < -0.39 is 23.6 Å². The highest BCUT2D eigenvalue weighted by molar-refractivity contribution is 5.71. The van der Waals surface area contributed by atoms with E-state index in [-0.39, 0.29) is 48.2 Å². The molecule has 8 unspecified atom stereocenters. The molecule has 8 atom stereocenters. The molecule has 0 saturated heterocycles. The molecule has 0 radical (unpaired) electrons. The van der Waals surface area contributed by atoms with Crippen LogP contribution in [0.25, 0.3) is 11.3 Å². The van der Waals surface area contributed by atoms with Gasteiger partial charge in [0.05, 0.1) is 23.7 Å². The van der Waals surface area contributed by atoms with Gasteiger partial charge in [0, 0.05) is 47.1 Å². The lowest BCUT2D eigenvalue weighted by molar-refractivity contribution is -0.146. The second-order valence-corrected chi connectivity index (χ2v) is 19.8. The number of aliphatic carboxylic acids is 1. The molecule has 0 aliphatic heterocycles. The first-order chi connectivity index (χ1) is 30.7. The summed E-state index contributed by atoms with van der Waals surface area (Å²) < 4.78 is 0. The van der Waals surface area contributed by atoms with Crippen molar-refractivity contribution in [2.45, 2.75) is 154 Å². The summed E-state index contributed by atoms with van der Waals surface area (Å²) in [5, 5.41) is 66.8. The number of benzene rings is 2. The number of aliphatic hydroxyl groups is 3. The third-order valence-corrected chi connectivity index (χ3v) is 14.3. The summed E-state index contributed by atoms with van der Waals surface area (Å²) in [7, 11) is 0. The number of rotatable bonds is 24. The van der Waals surface area contributed by atoms with E-state index >= 15 is 0 Å². The number of allylic oxidation sites excluding steroid dienone is 1. The monoisotopic (exact) mass is 878 g/mol. The third kappa shape index (κ3) is 13.5. The summed E-state index contributed by atoms with van der Waals surface area (Å²) >= 11 is 0. The van der Waals surface area contributed by atoms with Gasteiger partial charge in [-0.05, 0) is 141 Å². The number of unbranched alkanes of at least 4 members (excludes halogenated alkanes) is 4. The van der Waals surface area contributed by atoms with Crippen molar-refractivity contribution in [2.75, 3.05) is 5.73 Å². The first kappa shape index (κ1) is 48.8. The Kier molecular flexibility index (Phi) is 17.5. The quantitative estimate of drug-likeness (QED) is 0.0250. The highest BCUT2D eigenvalue weighted by Crippen LogP contribution is 2.47. The molecule has 2 aromatic heterocycles. The molecule has 1 fully saturated rings. The van der Waals surface area contributed by atoms with Crippen LogP contribution in [-0.2, 0) is 30.5 Å². The number of H-pyrrole nitrogens is 1. The number of hydrogen-bond acceptors (Lipinski definition) is 8. The maximum Gasteiger partial charge on any atom is 0.309 e. The van der Waals surface area contributed by atoms with Gasteiger partial charge in [0.2, 0.25) is 0 Å². The van der Waals surface area contributed by atoms with Gasteiger partial charge in [0.1, 0.15) is 17.3 Å². The van der Waals surface area contributed by atoms with Gasteiger partial charge >= 0.3 is 5.97 Å². The van der Waals surface area contributed by atoms with E-state index in [0.29, 0.717) is 67.3 Å². The maximum atomic E-state index is 12.5. The first-order valence-electron chi connectivity index (χ1n) is 24.2. The number of aliphatic hydroxyl groups excluding tert-OH is 2. The summed E-state index contributed by atoms with van der Waals surface area (Å²) in [6, 6.07) is 19.1. The van der Waals surface area contributed by atoms with Crippen molar-refractivity contribution in [1.29, 1.82) is 0 Å². The van der Waals surface area contributed by atoms with E-state index in [4.69, 9.17) is 5.73 Å². The zero-order chi connectivity index (χ0) is 45.8. The van der Waals surface area contributed by atoms with E-state index in [1.54, 1.807) is 12.3 Å². The van der Waals surface area contributed by atoms with Gasteiger partial charge in [0.25, 0.3) is 0 Å². The van der Waals surface area contributed by atoms with Crippen molar-refractivity contribution in [2.24, 2.45) is 35.5 Å². The molecule has 2 aliphatic rings. The molecule has 348 valence electrons. The van der Waals surface area contributed by atoms with Gasteiger partial charge in [-0.3, -0.25) is 4.79 Å². The molecule has 2 aromatic carbocycles. The fourth-order valence-electron chi connectivity index (χ4n) is 10.8. The normalized spacial score (nSPS) is 23.1. The van der Waals surface area contributed by atoms with Gasteiger partial charge in [-0.25, -0.2) is 4.98 Å². The fourth-order valence-corrected chi connectivity index (χ4v) is 10.8. The van der Waals surface area contributed by atoms with E-state index in [0.717, 1.165) is 67.5 Å². The molecule has 0 bridgehead atoms. The van der Waals surface area contributed by atoms with Crippen LogP contribution in [0.4, 0.5) is 5.82 Å². The molecule has 0 amide bonds. The minimum absolute atomic E-state index is 0.0243. The molecule has 64 heavy (non-hydrogen) atoms. The smallest absolute Gasteiger partial charge is 0.309 e. The van der Waals surface area contributed by atoms with E-state index in [2.05, 4.69) is 55.0 Å². The van der Waals surface area contributed by atoms with Gasteiger partial charge in [-0.2, -0.15) is 0 Å². The Hall–Kier alpha value is -4.64. The standard InChI is InChI=1S/C54H75N3O7/c1-4-5-7-12-36-17-18-39(50(60)28-36)13-8-6-9-16-45(53(62)63)49(59)21-23-54(64)34-38(26-37-22-24-56-52(55)29-37)27-42(54)31-43-19-20-48(57-43)46-32-44(58)33-51(61)47(46)30-41-15-11-10-14-40(41)25-35(2)3/h10-11,14-15,17-20,22,24,29,32-33,35-36,38-39,42,45,49-50,57-61,64H,4-9,12-13,16,21,23,25-28,30-31,34H2,1-3H3,(H2,55,56)(H,62,63). The number of nitrogens with two attached hydrogens (primary N) is 1. The highest BCUT2D eigenvalue weighted by atomic mass is 16.4. The number of hydrogen-bond donors (Lipinski definition) is 8. The van der Waals surface area contributed by atoms with Crippen LogP contribution >= 0.6 is 0 Å². The maximum absolute atomic E-state index is 12.5. The van der Waals surface area contributed by atoms with E-state index in [1.807, 2.05) is 36.4 Å². The number of phenols is 2. The fraction of sp³-hybridized carbons (Fsp3) is 0.556. The molecule has 1 saturated carbocycles. The molecule has 2 aliphatic carbocycles. The zero-order valence-corrected chi connectivity index (χ0v) is 38.5. The summed E-state index contributed by atoms with van der Waals surface area (Å²) in [6.45, 7) is 6.58. The summed E-state index contributed by atoms with van der Waals surface area (Å²) in [5.74, 6) is -0.513. The zero-order valence-electron chi connectivity index (χ0n) is 38.5. The number of nitrogen functional groups attached to an aromatic ring is 1. The molecule has 10 heteroatoms. The van der Waals surface area contributed by atoms with E-state index in [9.17, 15) is 35.4 Å². The Morgan fingerprint density at radius 1 is 0.922 bits per heavy atom. The summed E-state index contributed by atoms with van der Waals surface area (Å²) in [4.78, 5) is 20.2. The number of anilines is 1. The number of pyridine rings is 1. The molecule has 0 spiro atoms. The Bertz CT molecular complexity index is 2130. The number of aromatic nitrogens is 2. The molecule has 9 N–H and O–H groups in total. The minimum atomic E-state index is -1.16. The van der Waals surface area contributed by atoms with Crippen LogP contribution in [0.15, 0.2) is 79.0 Å². The molecule has 4 aromatic rings. The van der Waals surface area contributed by atoms with Gasteiger partial charge in [-0.1, -0.05) is 95.7 Å². The van der Waals surface area contributed by atoms with E-state index in [1.165, 1.54) is 30.9 Å². The SMILES string of the molecule is CCCCCC1C=CC(CCCCCC(C(=O)O)C(O)CCC2(O)CC(Cc3ccnc(N)c3)CC2Cc2ccc(-c3cc(O)cc(O)c3Cc3ccccc3CC(C)C)[nH]2)C(O)C1. The lowest BCUT2D eigenvalue weighted by Crippen LogP contribution is -2.37. The van der Waals surface area contributed by atoms with Crippen LogP contribution in [-0.4, -0.2) is 64.4 Å². The van der Waals surface area contributed by atoms with Gasteiger partial charge in [0.15, 0.2) is 0 Å². The number of aromatic hydroxyl groups is 2. The van der Waals surface area contributed by atoms with Crippen LogP contribution in [0.5, 0.6) is 11.5 Å². The predicted octanol–water partition coefficient (Wildman–Crippen LogP) is 10.3. The van der Waals surface area contributed by atoms with Gasteiger partial charge in [-0.15, -0.1) is 0 Å². The average Bonchev–Trinajstić information content (AvgIpc) is 3.83. The van der Waals surface area contributed by atoms with Crippen molar-refractivity contribution in [3.63, 3.8) is 0 Å². The molecule has 6 rings (SSSR count). The second-order valence-electron chi connectivity index (χ2n) is 19.8. The molecule has 2 heterocycles. The topological polar surface area (TPSA) is 193 Å². The van der Waals surface area contributed by atoms with Crippen molar-refractivity contribution in [3.05, 3.63) is 107 Å². The first-order valence-corrected chi connectivity index (χ1v) is 24.2. The van der Waals surface area contributed by atoms with Crippen LogP contribution in [0.2, 0.25) is 0 Å². The van der Waals surface area contributed by atoms with Crippen molar-refractivity contribution in [3.8, 4) is 22.8 Å². The number of carbonyl (C=O) groups is 1. The number of carboxylic acid groups (broad SMARTS) is 1. The Morgan fingerprint density at radius 3 is 2.44 bits per heavy atom. The van der Waals surface area contributed by atoms with Gasteiger partial charge < -0.3 is 41.4 Å². The Balaban J connectivity index is 1.11. The highest BCUT2D eigenvalue weighted by Gasteiger charge is 2.46. The second kappa shape index (κ2) is 23.0. The number of nitrogens with zero attached hydrogens (tertiary/aromatic N) is 1. The predicted molar refractivity (Wildman–Crippen MR) is 255 cm³/mol. The minimum Gasteiger partial charge on any atom is -0.508 e.